The van der Waals surface area contributed by atoms with Gasteiger partial charge in [-0.1, -0.05) is 65.7 Å². The molecule has 0 fully saturated rings. The molecule has 0 spiro atoms. The van der Waals surface area contributed by atoms with E-state index in [-0.39, 0.29) is 57.5 Å². The van der Waals surface area contributed by atoms with Gasteiger partial charge in [0.25, 0.3) is 10.1 Å². The molecule has 6 aromatic rings. The largest absolute Gasteiger partial charge is 0.481 e. The smallest absolute Gasteiger partial charge is 0.326 e. The Labute approximate surface area is 387 Å². The quantitative estimate of drug-likeness (QED) is 0.0116. The summed E-state index contributed by atoms with van der Waals surface area (Å²) in [5, 5.41) is 66.9. The number of hydrogen-bond acceptors (Lipinski definition) is 22. The van der Waals surface area contributed by atoms with E-state index in [1.807, 2.05) is 0 Å². The van der Waals surface area contributed by atoms with Crippen molar-refractivity contribution >= 4 is 117 Å². The van der Waals surface area contributed by atoms with Gasteiger partial charge in [0.15, 0.2) is 0 Å². The van der Waals surface area contributed by atoms with Crippen LogP contribution in [0.15, 0.2) is 107 Å². The Kier molecular flexibility index (Phi) is 16.2. The van der Waals surface area contributed by atoms with Crippen LogP contribution in [0, 0.1) is 0 Å². The number of carboxylic acids is 4. The maximum Gasteiger partial charge on any atom is 0.326 e. The summed E-state index contributed by atoms with van der Waals surface area (Å²) in [6, 6.07) is 22.3. The molecular weight excluding hydrogens is 937 g/mol. The summed E-state index contributed by atoms with van der Waals surface area (Å²) in [7, 11) is -4.93. The van der Waals surface area contributed by atoms with Crippen molar-refractivity contribution in [3.8, 4) is 0 Å². The summed E-state index contributed by atoms with van der Waals surface area (Å²) in [6.45, 7) is 0. The molecule has 2 aromatic heterocycles. The van der Waals surface area contributed by atoms with E-state index < -0.39 is 63.8 Å². The lowest BCUT2D eigenvalue weighted by Gasteiger charge is -2.15. The molecule has 0 amide bonds. The first-order valence-corrected chi connectivity index (χ1v) is 21.4. The number of para-hydroxylation sites is 2. The number of aromatic nitrogens is 6. The van der Waals surface area contributed by atoms with Crippen molar-refractivity contribution in [3.05, 3.63) is 108 Å². The van der Waals surface area contributed by atoms with Crippen LogP contribution >= 0.6 is 12.0 Å². The molecule has 68 heavy (non-hydrogen) atoms. The number of anilines is 10. The lowest BCUT2D eigenvalue weighted by molar-refractivity contribution is -0.432. The zero-order valence-corrected chi connectivity index (χ0v) is 36.0. The first-order valence-electron chi connectivity index (χ1n) is 19.2. The Balaban J connectivity index is 1.29. The molecular formula is C40H36N12O14S2. The first-order chi connectivity index (χ1) is 32.5. The van der Waals surface area contributed by atoms with Crippen molar-refractivity contribution in [2.75, 3.05) is 31.9 Å². The summed E-state index contributed by atoms with van der Waals surface area (Å²) < 4.78 is 40.5. The standard InChI is InChI=1S/C40H36N12O14S2/c53-31(54)19-27(33(57)58)45-39-49-35(41-23-7-3-1-4-8-23)47-37(51-39)43-25-15-13-21(29(17-25)67-66-65-61)11-12-22-14-16-26(18-30(22)68(62,63)64)44-38-48-36(42-24-9-5-2-6-10-24)50-40(52-38)46-28(34(59)60)20-32(55)56/h1-18,27-28,61H,19-20H2,(H,53,54)(H,55,56)(H,57,58)(H,59,60)(H,62,63,64)(H3,41,43,45,47,49,51)(H3,42,44,46,48,50,52)/b12-11+. The fourth-order valence-electron chi connectivity index (χ4n) is 5.75. The summed E-state index contributed by atoms with van der Waals surface area (Å²) in [5.74, 6) is -6.98. The van der Waals surface area contributed by atoms with E-state index in [0.29, 0.717) is 29.0 Å². The molecule has 2 unspecified atom stereocenters. The van der Waals surface area contributed by atoms with Crippen LogP contribution in [0.1, 0.15) is 24.0 Å². The van der Waals surface area contributed by atoms with E-state index in [4.69, 9.17) is 9.59 Å². The molecule has 0 saturated heterocycles. The molecule has 4 aromatic carbocycles. The Morgan fingerprint density at radius 2 is 0.956 bits per heavy atom. The van der Waals surface area contributed by atoms with Crippen LogP contribution in [0.3, 0.4) is 0 Å². The first kappa shape index (κ1) is 48.9. The lowest BCUT2D eigenvalue weighted by atomic mass is 10.1. The number of carbonyl (C=O) groups is 4. The van der Waals surface area contributed by atoms with E-state index in [2.05, 4.69) is 66.8 Å². The number of benzene rings is 4. The average molecular weight is 973 g/mol. The number of aliphatic carboxylic acids is 4. The monoisotopic (exact) mass is 972 g/mol. The van der Waals surface area contributed by atoms with E-state index >= 15 is 0 Å². The Bertz CT molecular complexity index is 2940. The molecule has 28 heteroatoms. The van der Waals surface area contributed by atoms with Crippen molar-refractivity contribution < 1.29 is 67.2 Å². The normalized spacial score (nSPS) is 12.1. The van der Waals surface area contributed by atoms with Crippen molar-refractivity contribution in [2.24, 2.45) is 0 Å². The van der Waals surface area contributed by atoms with Crippen molar-refractivity contribution in [2.45, 2.75) is 34.7 Å². The molecule has 0 aliphatic heterocycles. The molecule has 2 heterocycles. The second-order valence-electron chi connectivity index (χ2n) is 13.7. The van der Waals surface area contributed by atoms with Gasteiger partial charge in [0.2, 0.25) is 35.7 Å². The van der Waals surface area contributed by atoms with Gasteiger partial charge in [-0.2, -0.15) is 38.3 Å². The van der Waals surface area contributed by atoms with Gasteiger partial charge in [0.05, 0.1) is 24.9 Å². The number of rotatable bonds is 24. The highest BCUT2D eigenvalue weighted by atomic mass is 32.2. The van der Waals surface area contributed by atoms with Gasteiger partial charge in [0, 0.05) is 27.6 Å². The van der Waals surface area contributed by atoms with Crippen LogP contribution in [0.2, 0.25) is 0 Å². The van der Waals surface area contributed by atoms with E-state index in [1.54, 1.807) is 60.7 Å². The molecule has 0 aliphatic rings. The maximum absolute atomic E-state index is 12.7. The zero-order valence-electron chi connectivity index (χ0n) is 34.4. The third-order valence-electron chi connectivity index (χ3n) is 8.71. The molecule has 12 N–H and O–H groups in total. The van der Waals surface area contributed by atoms with Crippen LogP contribution in [-0.4, -0.2) is 105 Å². The van der Waals surface area contributed by atoms with Gasteiger partial charge >= 0.3 is 23.9 Å². The molecule has 0 radical (unpaired) electrons. The van der Waals surface area contributed by atoms with E-state index in [1.165, 1.54) is 42.5 Å². The van der Waals surface area contributed by atoms with Crippen molar-refractivity contribution in [1.29, 1.82) is 0 Å². The predicted octanol–water partition coefficient (Wildman–Crippen LogP) is 5.56. The Hall–Kier alpha value is -8.54. The molecule has 0 aliphatic carbocycles. The van der Waals surface area contributed by atoms with Crippen LogP contribution in [0.25, 0.3) is 12.2 Å². The SMILES string of the molecule is O=C(O)CC(Nc1nc(Nc2ccccc2)nc(Nc2ccc(/C=C/c3ccc(Nc4nc(Nc5ccccc5)nc(NC(CC(=O)O)C(=O)O)n4)cc3S(=O)(=O)O)c(SOOO)c2)n1)C(=O)O. The molecule has 0 bridgehead atoms. The number of nitrogens with one attached hydrogen (secondary N) is 6. The van der Waals surface area contributed by atoms with Crippen LogP contribution in [0.4, 0.5) is 58.4 Å². The van der Waals surface area contributed by atoms with E-state index in [0.717, 1.165) is 6.07 Å². The Morgan fingerprint density at radius 1 is 0.559 bits per heavy atom. The number of nitrogens with zero attached hydrogens (tertiary/aromatic N) is 6. The van der Waals surface area contributed by atoms with Gasteiger partial charge in [0.1, 0.15) is 17.0 Å². The minimum atomic E-state index is -4.93. The number of hydrogen-bond donors (Lipinski definition) is 12. The van der Waals surface area contributed by atoms with Crippen LogP contribution in [0.5, 0.6) is 0 Å². The topological polar surface area (TPSA) is 392 Å². The highest BCUT2D eigenvalue weighted by Gasteiger charge is 2.25. The summed E-state index contributed by atoms with van der Waals surface area (Å²) >= 11 is 0.525. The summed E-state index contributed by atoms with van der Waals surface area (Å²) in [5.41, 5.74) is 1.70. The van der Waals surface area contributed by atoms with Crippen LogP contribution in [-0.2, 0) is 38.7 Å². The summed E-state index contributed by atoms with van der Waals surface area (Å²) in [6.07, 6.45) is 1.14. The highest BCUT2D eigenvalue weighted by molar-refractivity contribution is 7.94. The van der Waals surface area contributed by atoms with Crippen molar-refractivity contribution in [3.63, 3.8) is 0 Å². The second-order valence-corrected chi connectivity index (χ2v) is 15.8. The third kappa shape index (κ3) is 14.5. The van der Waals surface area contributed by atoms with Gasteiger partial charge in [-0.25, -0.2) is 14.8 Å². The molecule has 6 rings (SSSR count). The van der Waals surface area contributed by atoms with E-state index in [9.17, 15) is 52.6 Å². The second kappa shape index (κ2) is 22.6. The lowest BCUT2D eigenvalue weighted by Crippen LogP contribution is -2.32. The predicted molar refractivity (Wildman–Crippen MR) is 243 cm³/mol. The maximum atomic E-state index is 12.7. The summed E-state index contributed by atoms with van der Waals surface area (Å²) in [4.78, 5) is 71.2. The van der Waals surface area contributed by atoms with Gasteiger partial charge < -0.3 is 52.3 Å². The fraction of sp³-hybridized carbons (Fsp3) is 0.100. The number of carboxylic acid groups (broad SMARTS) is 4. The van der Waals surface area contributed by atoms with Gasteiger partial charge in [-0.3, -0.25) is 14.1 Å². The van der Waals surface area contributed by atoms with Crippen molar-refractivity contribution in [1.82, 2.24) is 29.9 Å². The van der Waals surface area contributed by atoms with Gasteiger partial charge in [-0.05, 0) is 59.7 Å². The molecule has 0 saturated carbocycles. The Morgan fingerprint density at radius 3 is 1.37 bits per heavy atom. The fourth-order valence-corrected chi connectivity index (χ4v) is 6.97. The van der Waals surface area contributed by atoms with Gasteiger partial charge in [-0.15, -0.1) is 4.33 Å². The zero-order chi connectivity index (χ0) is 48.8. The average Bonchev–Trinajstić information content (AvgIpc) is 3.27. The van der Waals surface area contributed by atoms with Crippen LogP contribution < -0.4 is 31.9 Å². The molecule has 2 atom stereocenters. The minimum absolute atomic E-state index is 0.0239. The highest BCUT2D eigenvalue weighted by Crippen LogP contribution is 2.32. The third-order valence-corrected chi connectivity index (χ3v) is 10.3. The molecule has 26 nitrogen and oxygen atoms in total. The minimum Gasteiger partial charge on any atom is -0.481 e. The molecule has 352 valence electrons.